The average Bonchev–Trinajstić information content (AvgIpc) is 3.36. The molecular formula is C64H125NO5. The molecule has 0 bridgehead atoms. The third kappa shape index (κ3) is 51.7. The molecule has 0 aromatic carbocycles. The largest absolute Gasteiger partial charge is 0.394 e. The normalized spacial score (nSPS) is 13.7. The number of aliphatic hydroxyl groups is 4. The number of carbonyl (C=O) groups is 1. The molecular weight excluding hydrogens is 863 g/mol. The Morgan fingerprint density at radius 2 is 0.586 bits per heavy atom. The summed E-state index contributed by atoms with van der Waals surface area (Å²) in [5.41, 5.74) is 0. The van der Waals surface area contributed by atoms with Crippen LogP contribution >= 0.6 is 0 Å². The lowest BCUT2D eigenvalue weighted by Gasteiger charge is -2.27. The maximum Gasteiger partial charge on any atom is 0.249 e. The number of amides is 1. The van der Waals surface area contributed by atoms with E-state index in [1.807, 2.05) is 0 Å². The van der Waals surface area contributed by atoms with Crippen molar-refractivity contribution in [3.05, 3.63) is 24.3 Å². The molecule has 0 aliphatic heterocycles. The molecule has 416 valence electrons. The topological polar surface area (TPSA) is 110 Å². The van der Waals surface area contributed by atoms with Gasteiger partial charge in [0, 0.05) is 0 Å². The van der Waals surface area contributed by atoms with Gasteiger partial charge in [-0.05, 0) is 64.2 Å². The van der Waals surface area contributed by atoms with Crippen molar-refractivity contribution in [3.8, 4) is 0 Å². The number of allylic oxidation sites excluding steroid dienone is 4. The lowest BCUT2D eigenvalue weighted by molar-refractivity contribution is -0.132. The fraction of sp³-hybridized carbons (Fsp3) is 0.922. The van der Waals surface area contributed by atoms with Crippen LogP contribution in [0.4, 0.5) is 0 Å². The first-order valence-corrected chi connectivity index (χ1v) is 31.7. The minimum Gasteiger partial charge on any atom is -0.394 e. The van der Waals surface area contributed by atoms with Crippen LogP contribution in [0.3, 0.4) is 0 Å². The molecule has 0 saturated carbocycles. The van der Waals surface area contributed by atoms with Crippen LogP contribution in [-0.4, -0.2) is 57.3 Å². The molecule has 0 spiro atoms. The summed E-state index contributed by atoms with van der Waals surface area (Å²) in [5.74, 6) is -0.587. The Balaban J connectivity index is 3.58. The van der Waals surface area contributed by atoms with Crippen LogP contribution in [0, 0.1) is 0 Å². The van der Waals surface area contributed by atoms with Gasteiger partial charge in [0.1, 0.15) is 12.2 Å². The van der Waals surface area contributed by atoms with Crippen LogP contribution in [0.5, 0.6) is 0 Å². The van der Waals surface area contributed by atoms with Crippen molar-refractivity contribution in [1.29, 1.82) is 0 Å². The second-order valence-electron chi connectivity index (χ2n) is 22.1. The van der Waals surface area contributed by atoms with E-state index in [4.69, 9.17) is 0 Å². The first-order chi connectivity index (χ1) is 34.5. The molecule has 0 aromatic heterocycles. The van der Waals surface area contributed by atoms with Crippen molar-refractivity contribution < 1.29 is 25.2 Å². The first kappa shape index (κ1) is 68.8. The molecule has 70 heavy (non-hydrogen) atoms. The average molecular weight is 989 g/mol. The van der Waals surface area contributed by atoms with Gasteiger partial charge in [-0.15, -0.1) is 0 Å². The molecule has 0 aromatic rings. The molecule has 4 atom stereocenters. The molecule has 4 unspecified atom stereocenters. The van der Waals surface area contributed by atoms with Crippen LogP contribution in [-0.2, 0) is 4.79 Å². The van der Waals surface area contributed by atoms with Crippen molar-refractivity contribution in [1.82, 2.24) is 5.32 Å². The van der Waals surface area contributed by atoms with E-state index in [0.29, 0.717) is 12.8 Å². The summed E-state index contributed by atoms with van der Waals surface area (Å²) < 4.78 is 0. The van der Waals surface area contributed by atoms with E-state index >= 15 is 0 Å². The molecule has 5 N–H and O–H groups in total. The highest BCUT2D eigenvalue weighted by Crippen LogP contribution is 2.18. The number of hydrogen-bond donors (Lipinski definition) is 5. The van der Waals surface area contributed by atoms with Gasteiger partial charge < -0.3 is 25.7 Å². The van der Waals surface area contributed by atoms with Crippen molar-refractivity contribution >= 4 is 5.91 Å². The molecule has 0 aliphatic rings. The molecule has 6 nitrogen and oxygen atoms in total. The number of carbonyl (C=O) groups excluding carboxylic acids is 1. The predicted octanol–water partition coefficient (Wildman–Crippen LogP) is 19.0. The molecule has 0 aliphatic carbocycles. The Kier molecular flexibility index (Phi) is 57.7. The molecule has 6 heteroatoms. The van der Waals surface area contributed by atoms with E-state index in [2.05, 4.69) is 43.5 Å². The number of hydrogen-bond acceptors (Lipinski definition) is 5. The maximum absolute atomic E-state index is 12.6. The zero-order chi connectivity index (χ0) is 50.9. The number of unbranched alkanes of at least 4 members (excludes halogenated alkanes) is 46. The third-order valence-corrected chi connectivity index (χ3v) is 15.1. The minimum absolute atomic E-state index is 0.366. The Morgan fingerprint density at radius 1 is 0.343 bits per heavy atom. The summed E-state index contributed by atoms with van der Waals surface area (Å²) in [6.45, 7) is 4.09. The maximum atomic E-state index is 12.6. The predicted molar refractivity (Wildman–Crippen MR) is 307 cm³/mol. The zero-order valence-corrected chi connectivity index (χ0v) is 47.3. The second-order valence-corrected chi connectivity index (χ2v) is 22.1. The van der Waals surface area contributed by atoms with Crippen LogP contribution in [0.1, 0.15) is 348 Å². The van der Waals surface area contributed by atoms with E-state index in [0.717, 1.165) is 38.5 Å². The molecule has 0 rings (SSSR count). The van der Waals surface area contributed by atoms with Gasteiger partial charge in [-0.1, -0.05) is 308 Å². The van der Waals surface area contributed by atoms with Crippen LogP contribution in [0.2, 0.25) is 0 Å². The van der Waals surface area contributed by atoms with E-state index in [9.17, 15) is 25.2 Å². The third-order valence-electron chi connectivity index (χ3n) is 15.1. The quantitative estimate of drug-likeness (QED) is 0.0308. The van der Waals surface area contributed by atoms with Crippen molar-refractivity contribution in [2.75, 3.05) is 6.61 Å². The van der Waals surface area contributed by atoms with E-state index in [1.165, 1.54) is 283 Å². The molecule has 1 amide bonds. The number of rotatable bonds is 59. The van der Waals surface area contributed by atoms with Crippen molar-refractivity contribution in [3.63, 3.8) is 0 Å². The Labute approximate surface area is 437 Å². The van der Waals surface area contributed by atoms with Crippen molar-refractivity contribution in [2.24, 2.45) is 0 Å². The summed E-state index contributed by atoms with van der Waals surface area (Å²) in [7, 11) is 0. The second kappa shape index (κ2) is 58.7. The lowest BCUT2D eigenvalue weighted by Crippen LogP contribution is -2.53. The summed E-state index contributed by atoms with van der Waals surface area (Å²) >= 11 is 0. The molecule has 0 saturated heterocycles. The standard InChI is InChI=1S/C64H125NO5/c1-3-5-7-9-11-13-15-17-19-21-23-25-27-28-29-30-31-32-33-34-35-36-38-40-42-44-46-48-50-52-54-56-58-62(68)64(70)65-60(59-66)63(69)61(67)57-55-53-51-49-47-45-43-41-39-37-26-24-22-20-18-16-14-12-10-8-6-4-2/h28-29,49,51,60-63,66-69H,3-27,30-48,50,52-59H2,1-2H3,(H,65,70)/b29-28-,51-49+. The van der Waals surface area contributed by atoms with Crippen LogP contribution in [0.15, 0.2) is 24.3 Å². The van der Waals surface area contributed by atoms with Gasteiger partial charge in [-0.25, -0.2) is 0 Å². The van der Waals surface area contributed by atoms with Gasteiger partial charge in [-0.2, -0.15) is 0 Å². The first-order valence-electron chi connectivity index (χ1n) is 31.7. The minimum atomic E-state index is -1.28. The van der Waals surface area contributed by atoms with E-state index in [1.54, 1.807) is 0 Å². The Bertz CT molecular complexity index is 1060. The Morgan fingerprint density at radius 3 is 0.857 bits per heavy atom. The van der Waals surface area contributed by atoms with E-state index in [-0.39, 0.29) is 0 Å². The van der Waals surface area contributed by atoms with E-state index < -0.39 is 36.9 Å². The number of nitrogens with one attached hydrogen (secondary N) is 1. The fourth-order valence-corrected chi connectivity index (χ4v) is 10.2. The van der Waals surface area contributed by atoms with Gasteiger partial charge >= 0.3 is 0 Å². The summed E-state index contributed by atoms with van der Waals surface area (Å²) in [6, 6.07) is -1.00. The summed E-state index contributed by atoms with van der Waals surface area (Å²) in [5, 5.41) is 44.1. The fourth-order valence-electron chi connectivity index (χ4n) is 10.2. The van der Waals surface area contributed by atoms with Crippen LogP contribution < -0.4 is 5.32 Å². The highest BCUT2D eigenvalue weighted by molar-refractivity contribution is 5.80. The van der Waals surface area contributed by atoms with Crippen molar-refractivity contribution in [2.45, 2.75) is 372 Å². The highest BCUT2D eigenvalue weighted by Gasteiger charge is 2.28. The SMILES string of the molecule is CCCCCCCCCCCCCC/C=C\CCCCCCCCCCCCCCCCCCC(O)C(=O)NC(CO)C(O)C(O)CCC/C=C/CCCCCCCCCCCCCCCCCCC. The number of aliphatic hydroxyl groups excluding tert-OH is 4. The Hall–Kier alpha value is -1.21. The highest BCUT2D eigenvalue weighted by atomic mass is 16.3. The molecule has 0 fully saturated rings. The zero-order valence-electron chi connectivity index (χ0n) is 47.3. The smallest absolute Gasteiger partial charge is 0.249 e. The van der Waals surface area contributed by atoms with Gasteiger partial charge in [0.25, 0.3) is 0 Å². The summed E-state index contributed by atoms with van der Waals surface area (Å²) in [4.78, 5) is 12.6. The van der Waals surface area contributed by atoms with Crippen LogP contribution in [0.25, 0.3) is 0 Å². The monoisotopic (exact) mass is 988 g/mol. The lowest BCUT2D eigenvalue weighted by atomic mass is 10.00. The van der Waals surface area contributed by atoms with Gasteiger partial charge in [0.05, 0.1) is 18.8 Å². The van der Waals surface area contributed by atoms with Gasteiger partial charge in [0.2, 0.25) is 5.91 Å². The molecule has 0 radical (unpaired) electrons. The summed E-state index contributed by atoms with van der Waals surface area (Å²) in [6.07, 6.45) is 72.8. The molecule has 0 heterocycles. The van der Waals surface area contributed by atoms with Gasteiger partial charge in [-0.3, -0.25) is 4.79 Å². The van der Waals surface area contributed by atoms with Gasteiger partial charge in [0.15, 0.2) is 0 Å².